The number of carbonyl (C=O) groups excluding carboxylic acids is 2. The molecule has 0 bridgehead atoms. The number of carbonyl (C=O) groups is 2. The molecule has 0 fully saturated rings. The van der Waals surface area contributed by atoms with Gasteiger partial charge in [0.15, 0.2) is 0 Å². The molecule has 0 saturated heterocycles. The van der Waals surface area contributed by atoms with Crippen LogP contribution in [0.15, 0.2) is 54.9 Å². The Labute approximate surface area is 185 Å². The Morgan fingerprint density at radius 1 is 1.03 bits per heavy atom. The zero-order chi connectivity index (χ0) is 22.1. The normalized spacial score (nSPS) is 15.0. The van der Waals surface area contributed by atoms with Gasteiger partial charge >= 0.3 is 0 Å². The van der Waals surface area contributed by atoms with E-state index in [2.05, 4.69) is 9.97 Å². The van der Waals surface area contributed by atoms with Crippen molar-refractivity contribution in [1.82, 2.24) is 19.8 Å². The molecule has 0 radical (unpaired) electrons. The molecule has 3 aromatic rings. The van der Waals surface area contributed by atoms with Gasteiger partial charge in [-0.2, -0.15) is 0 Å². The monoisotopic (exact) mass is 430 g/mol. The van der Waals surface area contributed by atoms with Gasteiger partial charge in [-0.15, -0.1) is 0 Å². The third-order valence-corrected chi connectivity index (χ3v) is 6.22. The van der Waals surface area contributed by atoms with Crippen LogP contribution in [0.1, 0.15) is 44.9 Å². The summed E-state index contributed by atoms with van der Waals surface area (Å²) in [6.45, 7) is 2.02. The van der Waals surface area contributed by atoms with Crippen molar-refractivity contribution in [1.29, 1.82) is 0 Å². The average Bonchev–Trinajstić information content (AvgIpc) is 3.14. The van der Waals surface area contributed by atoms with Crippen LogP contribution >= 0.6 is 0 Å². The molecule has 0 N–H and O–H groups in total. The quantitative estimate of drug-likeness (QED) is 0.624. The van der Waals surface area contributed by atoms with E-state index in [9.17, 15) is 14.0 Å². The van der Waals surface area contributed by atoms with Crippen molar-refractivity contribution in [3.05, 3.63) is 94.3 Å². The molecule has 7 heteroatoms. The zero-order valence-corrected chi connectivity index (χ0v) is 17.6. The molecule has 2 aliphatic rings. The van der Waals surface area contributed by atoms with Crippen molar-refractivity contribution in [3.8, 4) is 0 Å². The van der Waals surface area contributed by atoms with Crippen molar-refractivity contribution in [3.63, 3.8) is 0 Å². The van der Waals surface area contributed by atoms with Crippen LogP contribution in [0.3, 0.4) is 0 Å². The maximum atomic E-state index is 13.2. The van der Waals surface area contributed by atoms with E-state index in [1.807, 2.05) is 29.2 Å². The van der Waals surface area contributed by atoms with Crippen LogP contribution in [-0.4, -0.2) is 44.7 Å². The van der Waals surface area contributed by atoms with Gasteiger partial charge in [-0.1, -0.05) is 30.3 Å². The standard InChI is InChI=1S/C25H23FN4O2/c26-19-7-5-17(6-8-19)13-23-21-15-29(11-9-22(21)27-16-28-23)24(31)10-12-30-14-18-3-1-2-4-20(18)25(30)32/h1-8,16H,9-15H2. The number of rotatable bonds is 5. The highest BCUT2D eigenvalue weighted by atomic mass is 19.1. The van der Waals surface area contributed by atoms with E-state index in [1.54, 1.807) is 23.4 Å². The Morgan fingerprint density at radius 2 is 1.84 bits per heavy atom. The van der Waals surface area contributed by atoms with Gasteiger partial charge in [-0.3, -0.25) is 9.59 Å². The van der Waals surface area contributed by atoms with Crippen LogP contribution in [0.2, 0.25) is 0 Å². The van der Waals surface area contributed by atoms with E-state index in [0.717, 1.165) is 33.6 Å². The highest BCUT2D eigenvalue weighted by Gasteiger charge is 2.29. The van der Waals surface area contributed by atoms with E-state index in [-0.39, 0.29) is 24.1 Å². The number of fused-ring (bicyclic) bond motifs is 2. The molecule has 0 spiro atoms. The topological polar surface area (TPSA) is 66.4 Å². The summed E-state index contributed by atoms with van der Waals surface area (Å²) in [5.41, 5.74) is 5.51. The summed E-state index contributed by atoms with van der Waals surface area (Å²) in [5.74, 6) is -0.252. The third kappa shape index (κ3) is 3.98. The minimum absolute atomic E-state index is 0.00706. The van der Waals surface area contributed by atoms with E-state index < -0.39 is 0 Å². The van der Waals surface area contributed by atoms with Gasteiger partial charge in [0, 0.05) is 56.6 Å². The summed E-state index contributed by atoms with van der Waals surface area (Å²) < 4.78 is 13.2. The van der Waals surface area contributed by atoms with E-state index in [0.29, 0.717) is 39.0 Å². The molecule has 1 aromatic heterocycles. The van der Waals surface area contributed by atoms with E-state index in [1.165, 1.54) is 12.1 Å². The summed E-state index contributed by atoms with van der Waals surface area (Å²) in [5, 5.41) is 0. The van der Waals surface area contributed by atoms with Crippen molar-refractivity contribution in [2.45, 2.75) is 32.4 Å². The van der Waals surface area contributed by atoms with Crippen LogP contribution in [0, 0.1) is 5.82 Å². The maximum Gasteiger partial charge on any atom is 0.254 e. The summed E-state index contributed by atoms with van der Waals surface area (Å²) >= 11 is 0. The van der Waals surface area contributed by atoms with Crippen LogP contribution in [0.4, 0.5) is 4.39 Å². The summed E-state index contributed by atoms with van der Waals surface area (Å²) in [6.07, 6.45) is 3.09. The smallest absolute Gasteiger partial charge is 0.254 e. The molecule has 162 valence electrons. The molecule has 0 unspecified atom stereocenters. The lowest BCUT2D eigenvalue weighted by molar-refractivity contribution is -0.132. The molecular weight excluding hydrogens is 407 g/mol. The van der Waals surface area contributed by atoms with Crippen molar-refractivity contribution in [2.75, 3.05) is 13.1 Å². The first-order valence-electron chi connectivity index (χ1n) is 10.8. The van der Waals surface area contributed by atoms with Gasteiger partial charge in [-0.25, -0.2) is 14.4 Å². The van der Waals surface area contributed by atoms with Crippen LogP contribution < -0.4 is 0 Å². The largest absolute Gasteiger partial charge is 0.338 e. The lowest BCUT2D eigenvalue weighted by Crippen LogP contribution is -2.39. The van der Waals surface area contributed by atoms with Gasteiger partial charge in [0.25, 0.3) is 5.91 Å². The summed E-state index contributed by atoms with van der Waals surface area (Å²) in [7, 11) is 0. The number of halogens is 1. The lowest BCUT2D eigenvalue weighted by Gasteiger charge is -2.30. The molecule has 2 aliphatic heterocycles. The summed E-state index contributed by atoms with van der Waals surface area (Å²) in [6, 6.07) is 14.0. The second-order valence-electron chi connectivity index (χ2n) is 8.25. The van der Waals surface area contributed by atoms with Gasteiger partial charge in [0.1, 0.15) is 12.1 Å². The maximum absolute atomic E-state index is 13.2. The van der Waals surface area contributed by atoms with Crippen molar-refractivity contribution < 1.29 is 14.0 Å². The Bertz CT molecular complexity index is 1180. The number of hydrogen-bond donors (Lipinski definition) is 0. The van der Waals surface area contributed by atoms with Crippen molar-refractivity contribution in [2.24, 2.45) is 0 Å². The van der Waals surface area contributed by atoms with Crippen molar-refractivity contribution >= 4 is 11.8 Å². The molecule has 0 saturated carbocycles. The summed E-state index contributed by atoms with van der Waals surface area (Å²) in [4.78, 5) is 37.9. The molecule has 6 nitrogen and oxygen atoms in total. The van der Waals surface area contributed by atoms with Gasteiger partial charge in [-0.05, 0) is 29.3 Å². The van der Waals surface area contributed by atoms with Gasteiger partial charge in [0.2, 0.25) is 5.91 Å². The number of hydrogen-bond acceptors (Lipinski definition) is 4. The zero-order valence-electron chi connectivity index (χ0n) is 17.6. The van der Waals surface area contributed by atoms with E-state index >= 15 is 0 Å². The molecular formula is C25H23FN4O2. The fourth-order valence-corrected chi connectivity index (χ4v) is 4.44. The van der Waals surface area contributed by atoms with Crippen LogP contribution in [-0.2, 0) is 30.7 Å². The molecule has 2 amide bonds. The first kappa shape index (κ1) is 20.3. The highest BCUT2D eigenvalue weighted by Crippen LogP contribution is 2.24. The Balaban J connectivity index is 1.24. The Morgan fingerprint density at radius 3 is 2.66 bits per heavy atom. The predicted molar refractivity (Wildman–Crippen MR) is 116 cm³/mol. The molecule has 2 aromatic carbocycles. The first-order valence-corrected chi connectivity index (χ1v) is 10.8. The van der Waals surface area contributed by atoms with Crippen LogP contribution in [0.5, 0.6) is 0 Å². The first-order chi connectivity index (χ1) is 15.6. The van der Waals surface area contributed by atoms with Crippen LogP contribution in [0.25, 0.3) is 0 Å². The fraction of sp³-hybridized carbons (Fsp3) is 0.280. The Hall–Kier alpha value is -3.61. The average molecular weight is 430 g/mol. The molecule has 0 atom stereocenters. The van der Waals surface area contributed by atoms with Gasteiger partial charge in [0.05, 0.1) is 11.4 Å². The molecule has 3 heterocycles. The third-order valence-electron chi connectivity index (χ3n) is 6.22. The fourth-order valence-electron chi connectivity index (χ4n) is 4.44. The molecule has 5 rings (SSSR count). The SMILES string of the molecule is O=C(CCN1Cc2ccccc2C1=O)N1CCc2ncnc(Cc3ccc(F)cc3)c2C1. The number of aromatic nitrogens is 2. The molecule has 32 heavy (non-hydrogen) atoms. The number of amides is 2. The molecule has 0 aliphatic carbocycles. The second-order valence-corrected chi connectivity index (χ2v) is 8.25. The lowest BCUT2D eigenvalue weighted by atomic mass is 9.99. The Kier molecular flexibility index (Phi) is 5.39. The number of nitrogens with zero attached hydrogens (tertiary/aromatic N) is 4. The number of benzene rings is 2. The minimum atomic E-state index is -0.269. The second kappa shape index (κ2) is 8.49. The van der Waals surface area contributed by atoms with E-state index in [4.69, 9.17) is 0 Å². The van der Waals surface area contributed by atoms with Gasteiger partial charge < -0.3 is 9.80 Å². The predicted octanol–water partition coefficient (Wildman–Crippen LogP) is 3.14. The minimum Gasteiger partial charge on any atom is -0.338 e. The highest BCUT2D eigenvalue weighted by molar-refractivity contribution is 5.98.